The Balaban J connectivity index is 2.27. The van der Waals surface area contributed by atoms with Gasteiger partial charge in [0.25, 0.3) is 0 Å². The first-order chi connectivity index (χ1) is 7.34. The third-order valence-corrected chi connectivity index (χ3v) is 2.78. The molecule has 0 fully saturated rings. The van der Waals surface area contributed by atoms with Crippen LogP contribution in [0.15, 0.2) is 30.3 Å². The zero-order chi connectivity index (χ0) is 10.3. The molecule has 2 N–H and O–H groups in total. The third kappa shape index (κ3) is 1.40. The highest BCUT2D eigenvalue weighted by Crippen LogP contribution is 2.25. The number of pyridine rings is 1. The SMILES string of the molecule is NC1OCCc2nc3ccccc3cc21. The van der Waals surface area contributed by atoms with E-state index in [9.17, 15) is 0 Å². The predicted molar refractivity (Wildman–Crippen MR) is 58.3 cm³/mol. The minimum absolute atomic E-state index is 0.314. The second-order valence-corrected chi connectivity index (χ2v) is 3.76. The summed E-state index contributed by atoms with van der Waals surface area (Å²) in [6, 6.07) is 10.2. The van der Waals surface area contributed by atoms with Gasteiger partial charge in [-0.25, -0.2) is 0 Å². The number of fused-ring (bicyclic) bond motifs is 2. The number of nitrogens with two attached hydrogens (primary N) is 1. The van der Waals surface area contributed by atoms with Crippen molar-refractivity contribution in [2.24, 2.45) is 5.73 Å². The van der Waals surface area contributed by atoms with Crippen LogP contribution in [0, 0.1) is 0 Å². The molecule has 1 aromatic heterocycles. The molecular weight excluding hydrogens is 188 g/mol. The maximum Gasteiger partial charge on any atom is 0.133 e. The lowest BCUT2D eigenvalue weighted by molar-refractivity contribution is 0.0459. The fraction of sp³-hybridized carbons (Fsp3) is 0.250. The summed E-state index contributed by atoms with van der Waals surface area (Å²) in [5.74, 6) is 0. The van der Waals surface area contributed by atoms with Gasteiger partial charge in [0.15, 0.2) is 0 Å². The Morgan fingerprint density at radius 2 is 2.20 bits per heavy atom. The zero-order valence-corrected chi connectivity index (χ0v) is 8.31. The van der Waals surface area contributed by atoms with Gasteiger partial charge in [0, 0.05) is 17.4 Å². The zero-order valence-electron chi connectivity index (χ0n) is 8.31. The van der Waals surface area contributed by atoms with Gasteiger partial charge in [-0.15, -0.1) is 0 Å². The van der Waals surface area contributed by atoms with Crippen molar-refractivity contribution in [1.82, 2.24) is 4.98 Å². The third-order valence-electron chi connectivity index (χ3n) is 2.78. The molecule has 0 saturated carbocycles. The fourth-order valence-electron chi connectivity index (χ4n) is 1.99. The average molecular weight is 200 g/mol. The van der Waals surface area contributed by atoms with Gasteiger partial charge in [0.05, 0.1) is 17.8 Å². The Morgan fingerprint density at radius 3 is 3.13 bits per heavy atom. The van der Waals surface area contributed by atoms with Gasteiger partial charge in [0.2, 0.25) is 0 Å². The normalized spacial score (nSPS) is 20.2. The number of hydrogen-bond acceptors (Lipinski definition) is 3. The second-order valence-electron chi connectivity index (χ2n) is 3.76. The van der Waals surface area contributed by atoms with Gasteiger partial charge in [-0.3, -0.25) is 4.98 Å². The number of hydrogen-bond donors (Lipinski definition) is 1. The summed E-state index contributed by atoms with van der Waals surface area (Å²) >= 11 is 0. The van der Waals surface area contributed by atoms with Crippen LogP contribution in [0.4, 0.5) is 0 Å². The van der Waals surface area contributed by atoms with E-state index in [1.807, 2.05) is 24.3 Å². The van der Waals surface area contributed by atoms with Gasteiger partial charge in [-0.2, -0.15) is 0 Å². The van der Waals surface area contributed by atoms with E-state index in [0.717, 1.165) is 28.6 Å². The number of nitrogens with zero attached hydrogens (tertiary/aromatic N) is 1. The largest absolute Gasteiger partial charge is 0.359 e. The molecule has 0 aliphatic carbocycles. The Morgan fingerprint density at radius 1 is 1.33 bits per heavy atom. The van der Waals surface area contributed by atoms with E-state index in [4.69, 9.17) is 10.5 Å². The van der Waals surface area contributed by atoms with Crippen LogP contribution in [0.5, 0.6) is 0 Å². The number of para-hydroxylation sites is 1. The van der Waals surface area contributed by atoms with E-state index in [1.54, 1.807) is 0 Å². The van der Waals surface area contributed by atoms with E-state index in [1.165, 1.54) is 0 Å². The lowest BCUT2D eigenvalue weighted by Crippen LogP contribution is -2.23. The molecule has 3 rings (SSSR count). The molecular formula is C12H12N2O. The molecule has 2 aromatic rings. The first kappa shape index (κ1) is 8.83. The van der Waals surface area contributed by atoms with Gasteiger partial charge in [-0.1, -0.05) is 18.2 Å². The Bertz CT molecular complexity index is 510. The molecule has 76 valence electrons. The standard InChI is InChI=1S/C12H12N2O/c13-12-9-7-8-3-1-2-4-10(8)14-11(9)5-6-15-12/h1-4,7,12H,5-6,13H2. The predicted octanol–water partition coefficient (Wildman–Crippen LogP) is 1.76. The first-order valence-corrected chi connectivity index (χ1v) is 5.10. The Kier molecular flexibility index (Phi) is 1.94. The van der Waals surface area contributed by atoms with E-state index < -0.39 is 0 Å². The van der Waals surface area contributed by atoms with Crippen LogP contribution in [-0.2, 0) is 11.2 Å². The van der Waals surface area contributed by atoms with E-state index in [0.29, 0.717) is 6.61 Å². The number of aromatic nitrogens is 1. The van der Waals surface area contributed by atoms with Crippen LogP contribution in [0.1, 0.15) is 17.5 Å². The molecule has 0 saturated heterocycles. The van der Waals surface area contributed by atoms with E-state index >= 15 is 0 Å². The molecule has 3 nitrogen and oxygen atoms in total. The highest BCUT2D eigenvalue weighted by atomic mass is 16.5. The summed E-state index contributed by atoms with van der Waals surface area (Å²) in [7, 11) is 0. The van der Waals surface area contributed by atoms with E-state index in [2.05, 4.69) is 11.1 Å². The van der Waals surface area contributed by atoms with Crippen LogP contribution in [0.25, 0.3) is 10.9 Å². The summed E-state index contributed by atoms with van der Waals surface area (Å²) in [5.41, 5.74) is 9.01. The fourth-order valence-corrected chi connectivity index (χ4v) is 1.99. The molecule has 1 aliphatic heterocycles. The lowest BCUT2D eigenvalue weighted by atomic mass is 10.0. The van der Waals surface area contributed by atoms with Gasteiger partial charge in [0.1, 0.15) is 6.23 Å². The molecule has 2 heterocycles. The monoisotopic (exact) mass is 200 g/mol. The molecule has 0 amide bonds. The van der Waals surface area contributed by atoms with Crippen molar-refractivity contribution >= 4 is 10.9 Å². The van der Waals surface area contributed by atoms with Crippen molar-refractivity contribution in [3.8, 4) is 0 Å². The molecule has 1 aromatic carbocycles. The van der Waals surface area contributed by atoms with Crippen LogP contribution in [0.2, 0.25) is 0 Å². The molecule has 0 radical (unpaired) electrons. The summed E-state index contributed by atoms with van der Waals surface area (Å²) < 4.78 is 5.39. The topological polar surface area (TPSA) is 48.1 Å². The number of ether oxygens (including phenoxy) is 1. The number of benzene rings is 1. The summed E-state index contributed by atoms with van der Waals surface area (Å²) in [6.45, 7) is 0.666. The van der Waals surface area contributed by atoms with Crippen molar-refractivity contribution in [2.45, 2.75) is 12.6 Å². The second kappa shape index (κ2) is 3.29. The maximum absolute atomic E-state index is 5.88. The summed E-state index contributed by atoms with van der Waals surface area (Å²) in [5, 5.41) is 1.12. The van der Waals surface area contributed by atoms with Crippen molar-refractivity contribution in [1.29, 1.82) is 0 Å². The first-order valence-electron chi connectivity index (χ1n) is 5.10. The Hall–Kier alpha value is -1.45. The van der Waals surface area contributed by atoms with Gasteiger partial charge >= 0.3 is 0 Å². The molecule has 1 unspecified atom stereocenters. The maximum atomic E-state index is 5.88. The van der Waals surface area contributed by atoms with Crippen LogP contribution < -0.4 is 5.73 Å². The van der Waals surface area contributed by atoms with Gasteiger partial charge in [-0.05, 0) is 12.1 Å². The molecule has 1 aliphatic rings. The average Bonchev–Trinajstić information content (AvgIpc) is 2.27. The van der Waals surface area contributed by atoms with Crippen LogP contribution in [0.3, 0.4) is 0 Å². The number of rotatable bonds is 0. The summed E-state index contributed by atoms with van der Waals surface area (Å²) in [6.07, 6.45) is 0.541. The lowest BCUT2D eigenvalue weighted by Gasteiger charge is -2.22. The summed E-state index contributed by atoms with van der Waals surface area (Å²) in [4.78, 5) is 4.61. The minimum Gasteiger partial charge on any atom is -0.359 e. The smallest absolute Gasteiger partial charge is 0.133 e. The van der Waals surface area contributed by atoms with Crippen molar-refractivity contribution in [2.75, 3.05) is 6.61 Å². The van der Waals surface area contributed by atoms with Crippen molar-refractivity contribution in [3.63, 3.8) is 0 Å². The van der Waals surface area contributed by atoms with Crippen molar-refractivity contribution in [3.05, 3.63) is 41.6 Å². The Labute approximate surface area is 87.9 Å². The quantitative estimate of drug-likeness (QED) is 0.705. The molecule has 0 spiro atoms. The van der Waals surface area contributed by atoms with E-state index in [-0.39, 0.29) is 6.23 Å². The molecule has 0 bridgehead atoms. The molecule has 1 atom stereocenters. The van der Waals surface area contributed by atoms with Crippen LogP contribution >= 0.6 is 0 Å². The highest BCUT2D eigenvalue weighted by molar-refractivity contribution is 5.79. The highest BCUT2D eigenvalue weighted by Gasteiger charge is 2.18. The van der Waals surface area contributed by atoms with Gasteiger partial charge < -0.3 is 10.5 Å². The minimum atomic E-state index is -0.314. The van der Waals surface area contributed by atoms with Crippen molar-refractivity contribution < 1.29 is 4.74 Å². The molecule has 15 heavy (non-hydrogen) atoms. The van der Waals surface area contributed by atoms with Crippen LogP contribution in [-0.4, -0.2) is 11.6 Å². The molecule has 3 heteroatoms.